The van der Waals surface area contributed by atoms with Crippen molar-refractivity contribution in [3.8, 4) is 0 Å². The monoisotopic (exact) mass is 560 g/mol. The fourth-order valence-corrected chi connectivity index (χ4v) is 5.44. The summed E-state index contributed by atoms with van der Waals surface area (Å²) < 4.78 is 5.38. The van der Waals surface area contributed by atoms with Crippen LogP contribution in [0.2, 0.25) is 0 Å². The standard InChI is InChI=1S/C21H28N6O6S2.ClH/c1-5-26(6-2)8-9-33-20(31)14-7-10-34-19-16(18(30)27(14)19)24-17(29)15(25-32-4)13-11-35-21(23-13)22-12(3)28;/h7,11,16,19H,5-6,8-10H2,1-4H3,(H,24,29)(H,22,23,28);1H/b25-15-;. The predicted molar refractivity (Wildman–Crippen MR) is 139 cm³/mol. The van der Waals surface area contributed by atoms with Crippen molar-refractivity contribution in [3.63, 3.8) is 0 Å². The number of hydrogen-bond acceptors (Lipinski definition) is 11. The lowest BCUT2D eigenvalue weighted by atomic mass is 10.0. The molecule has 2 unspecified atom stereocenters. The molecule has 3 amide bonds. The van der Waals surface area contributed by atoms with E-state index in [-0.39, 0.29) is 42.0 Å². The molecule has 1 saturated heterocycles. The van der Waals surface area contributed by atoms with Crippen LogP contribution in [-0.2, 0) is 28.8 Å². The maximum absolute atomic E-state index is 12.9. The second-order valence-electron chi connectivity index (χ2n) is 7.48. The molecule has 1 aromatic rings. The first-order chi connectivity index (χ1) is 16.8. The highest BCUT2D eigenvalue weighted by molar-refractivity contribution is 8.00. The zero-order valence-corrected chi connectivity index (χ0v) is 22.8. The Labute approximate surface area is 223 Å². The Morgan fingerprint density at radius 2 is 2.03 bits per heavy atom. The van der Waals surface area contributed by atoms with Gasteiger partial charge in [-0.15, -0.1) is 35.5 Å². The van der Waals surface area contributed by atoms with Crippen LogP contribution in [0.15, 0.2) is 22.3 Å². The van der Waals surface area contributed by atoms with Gasteiger partial charge in [-0.25, -0.2) is 9.78 Å². The van der Waals surface area contributed by atoms with Gasteiger partial charge in [-0.05, 0) is 19.2 Å². The molecule has 36 heavy (non-hydrogen) atoms. The fraction of sp³-hybridized carbons (Fsp3) is 0.524. The highest BCUT2D eigenvalue weighted by Crippen LogP contribution is 2.37. The molecular formula is C21H29ClN6O6S2. The van der Waals surface area contributed by atoms with Crippen molar-refractivity contribution in [2.45, 2.75) is 32.2 Å². The Morgan fingerprint density at radius 3 is 2.67 bits per heavy atom. The normalized spacial score (nSPS) is 18.9. The van der Waals surface area contributed by atoms with Crippen molar-refractivity contribution < 1.29 is 28.8 Å². The number of carbonyl (C=O) groups is 4. The quantitative estimate of drug-likeness (QED) is 0.176. The lowest BCUT2D eigenvalue weighted by Crippen LogP contribution is -2.70. The van der Waals surface area contributed by atoms with Crippen molar-refractivity contribution in [3.05, 3.63) is 22.8 Å². The molecule has 1 fully saturated rings. The smallest absolute Gasteiger partial charge is 0.354 e. The minimum Gasteiger partial charge on any atom is -0.460 e. The van der Waals surface area contributed by atoms with Crippen molar-refractivity contribution >= 4 is 70.0 Å². The van der Waals surface area contributed by atoms with Crippen molar-refractivity contribution in [2.75, 3.05) is 44.4 Å². The number of nitrogens with zero attached hydrogens (tertiary/aromatic N) is 4. The van der Waals surface area contributed by atoms with E-state index in [0.29, 0.717) is 17.4 Å². The van der Waals surface area contributed by atoms with E-state index < -0.39 is 29.2 Å². The van der Waals surface area contributed by atoms with Crippen LogP contribution in [0, 0.1) is 0 Å². The molecule has 0 radical (unpaired) electrons. The van der Waals surface area contributed by atoms with Crippen molar-refractivity contribution in [1.29, 1.82) is 0 Å². The van der Waals surface area contributed by atoms with Crippen LogP contribution in [0.5, 0.6) is 0 Å². The SMILES string of the molecule is CCN(CC)CCOC(=O)C1=CCSC2C(NC(=O)/C(=N\OC)c3csc(NC(C)=O)n3)C(=O)N12.Cl. The van der Waals surface area contributed by atoms with Crippen LogP contribution in [0.4, 0.5) is 5.13 Å². The minimum atomic E-state index is -0.852. The van der Waals surface area contributed by atoms with Gasteiger partial charge in [-0.2, -0.15) is 0 Å². The number of β-lactam (4-membered cyclic amide) rings is 1. The molecule has 3 heterocycles. The zero-order chi connectivity index (χ0) is 25.5. The number of likely N-dealkylation sites (N-methyl/N-ethyl adjacent to an activating group) is 1. The summed E-state index contributed by atoms with van der Waals surface area (Å²) in [5.74, 6) is -1.45. The average molecular weight is 561 g/mol. The third-order valence-corrected chi connectivity index (χ3v) is 7.25. The van der Waals surface area contributed by atoms with E-state index in [9.17, 15) is 19.2 Å². The lowest BCUT2D eigenvalue weighted by molar-refractivity contribution is -0.152. The van der Waals surface area contributed by atoms with Crippen LogP contribution < -0.4 is 10.6 Å². The first-order valence-corrected chi connectivity index (χ1v) is 12.9. The third kappa shape index (κ3) is 6.75. The Morgan fingerprint density at radius 1 is 1.31 bits per heavy atom. The van der Waals surface area contributed by atoms with Gasteiger partial charge in [-0.3, -0.25) is 19.3 Å². The summed E-state index contributed by atoms with van der Waals surface area (Å²) in [7, 11) is 1.28. The van der Waals surface area contributed by atoms with Crippen molar-refractivity contribution in [1.82, 2.24) is 20.1 Å². The number of amides is 3. The summed E-state index contributed by atoms with van der Waals surface area (Å²) in [4.78, 5) is 62.1. The zero-order valence-electron chi connectivity index (χ0n) is 20.3. The molecule has 12 nitrogen and oxygen atoms in total. The van der Waals surface area contributed by atoms with Gasteiger partial charge in [0.1, 0.15) is 36.5 Å². The van der Waals surface area contributed by atoms with Crippen molar-refractivity contribution in [2.24, 2.45) is 5.16 Å². The summed E-state index contributed by atoms with van der Waals surface area (Å²) in [5, 5.41) is 10.3. The van der Waals surface area contributed by atoms with Crippen LogP contribution >= 0.6 is 35.5 Å². The number of thiazole rings is 1. The number of esters is 1. The Hall–Kier alpha value is -2.68. The summed E-state index contributed by atoms with van der Waals surface area (Å²) in [5.41, 5.74) is 0.239. The topological polar surface area (TPSA) is 143 Å². The molecular weight excluding hydrogens is 532 g/mol. The number of thioether (sulfide) groups is 1. The first-order valence-electron chi connectivity index (χ1n) is 11.0. The Balaban J connectivity index is 0.00000456. The summed E-state index contributed by atoms with van der Waals surface area (Å²) in [6, 6.07) is -0.852. The molecule has 2 aliphatic rings. The first kappa shape index (κ1) is 29.5. The largest absolute Gasteiger partial charge is 0.460 e. The number of hydrogen-bond donors (Lipinski definition) is 2. The van der Waals surface area contributed by atoms with E-state index in [4.69, 9.17) is 9.57 Å². The number of halogens is 1. The number of fused-ring (bicyclic) bond motifs is 1. The number of carbonyl (C=O) groups excluding carboxylic acids is 4. The van der Waals surface area contributed by atoms with E-state index in [1.54, 1.807) is 11.5 Å². The van der Waals surface area contributed by atoms with Crippen LogP contribution in [0.3, 0.4) is 0 Å². The van der Waals surface area contributed by atoms with E-state index in [2.05, 4.69) is 25.7 Å². The summed E-state index contributed by atoms with van der Waals surface area (Å²) in [6.07, 6.45) is 1.66. The number of ether oxygens (including phenoxy) is 1. The van der Waals surface area contributed by atoms with E-state index >= 15 is 0 Å². The Kier molecular flexibility index (Phi) is 11.1. The fourth-order valence-electron chi connectivity index (χ4n) is 3.51. The number of aromatic nitrogens is 1. The highest BCUT2D eigenvalue weighted by Gasteiger charge is 2.53. The molecule has 1 aromatic heterocycles. The molecule has 2 aliphatic heterocycles. The predicted octanol–water partition coefficient (Wildman–Crippen LogP) is 1.04. The molecule has 15 heteroatoms. The summed E-state index contributed by atoms with van der Waals surface area (Å²) in [6.45, 7) is 7.95. The molecule has 0 bridgehead atoms. The number of nitrogens with one attached hydrogen (secondary N) is 2. The van der Waals surface area contributed by atoms with Gasteiger partial charge in [0.15, 0.2) is 10.8 Å². The van der Waals surface area contributed by atoms with Gasteiger partial charge in [0.05, 0.1) is 0 Å². The number of anilines is 1. The molecule has 0 aromatic carbocycles. The van der Waals surface area contributed by atoms with Crippen LogP contribution in [0.25, 0.3) is 0 Å². The van der Waals surface area contributed by atoms with Gasteiger partial charge in [0, 0.05) is 24.6 Å². The van der Waals surface area contributed by atoms with E-state index in [1.807, 2.05) is 13.8 Å². The van der Waals surface area contributed by atoms with Crippen LogP contribution in [-0.4, -0.2) is 94.7 Å². The average Bonchev–Trinajstić information content (AvgIpc) is 3.29. The van der Waals surface area contributed by atoms with Gasteiger partial charge < -0.3 is 25.1 Å². The maximum atomic E-state index is 12.9. The van der Waals surface area contributed by atoms with Gasteiger partial charge >= 0.3 is 5.97 Å². The Bertz CT molecular complexity index is 1040. The van der Waals surface area contributed by atoms with Gasteiger partial charge in [0.2, 0.25) is 5.91 Å². The lowest BCUT2D eigenvalue weighted by Gasteiger charge is -2.48. The molecule has 2 N–H and O–H groups in total. The molecule has 0 saturated carbocycles. The minimum absolute atomic E-state index is 0. The van der Waals surface area contributed by atoms with Gasteiger partial charge in [0.25, 0.3) is 11.8 Å². The molecule has 0 aliphatic carbocycles. The molecule has 198 valence electrons. The molecule has 0 spiro atoms. The molecule has 3 rings (SSSR count). The van der Waals surface area contributed by atoms with E-state index in [1.165, 1.54) is 30.7 Å². The summed E-state index contributed by atoms with van der Waals surface area (Å²) >= 11 is 2.54. The molecule has 2 atom stereocenters. The number of rotatable bonds is 11. The van der Waals surface area contributed by atoms with Crippen LogP contribution in [0.1, 0.15) is 26.5 Å². The highest BCUT2D eigenvalue weighted by atomic mass is 35.5. The number of oxime groups is 1. The maximum Gasteiger partial charge on any atom is 0.354 e. The second-order valence-corrected chi connectivity index (χ2v) is 9.48. The third-order valence-electron chi connectivity index (χ3n) is 5.30. The van der Waals surface area contributed by atoms with E-state index in [0.717, 1.165) is 24.4 Å². The van der Waals surface area contributed by atoms with Gasteiger partial charge in [-0.1, -0.05) is 19.0 Å². The second kappa shape index (κ2) is 13.6.